The summed E-state index contributed by atoms with van der Waals surface area (Å²) in [5, 5.41) is 10.7. The SMILES string of the molecule is CC(C)(C)OCC(O)CN1CCN(c2ccc(Cl)cn2)CC1. The molecule has 2 heterocycles. The third kappa shape index (κ3) is 5.72. The Bertz CT molecular complexity index is 453. The highest BCUT2D eigenvalue weighted by Gasteiger charge is 2.21. The highest BCUT2D eigenvalue weighted by atomic mass is 35.5. The second-order valence-corrected chi connectivity index (χ2v) is 7.14. The smallest absolute Gasteiger partial charge is 0.128 e. The molecule has 1 fully saturated rings. The van der Waals surface area contributed by atoms with E-state index in [0.29, 0.717) is 18.2 Å². The van der Waals surface area contributed by atoms with Gasteiger partial charge in [0, 0.05) is 38.9 Å². The summed E-state index contributed by atoms with van der Waals surface area (Å²) in [5.41, 5.74) is -0.208. The van der Waals surface area contributed by atoms with Crippen LogP contribution in [0.4, 0.5) is 5.82 Å². The summed E-state index contributed by atoms with van der Waals surface area (Å²) in [4.78, 5) is 8.86. The molecule has 0 bridgehead atoms. The molecular formula is C16H26ClN3O2. The van der Waals surface area contributed by atoms with Gasteiger partial charge in [-0.05, 0) is 32.9 Å². The van der Waals surface area contributed by atoms with Crippen molar-refractivity contribution in [2.45, 2.75) is 32.5 Å². The predicted molar refractivity (Wildman–Crippen MR) is 89.6 cm³/mol. The molecule has 0 spiro atoms. The van der Waals surface area contributed by atoms with Gasteiger partial charge < -0.3 is 14.7 Å². The van der Waals surface area contributed by atoms with E-state index in [0.717, 1.165) is 32.0 Å². The number of pyridine rings is 1. The molecule has 0 amide bonds. The first-order chi connectivity index (χ1) is 10.3. The van der Waals surface area contributed by atoms with Crippen molar-refractivity contribution in [3.8, 4) is 0 Å². The van der Waals surface area contributed by atoms with Crippen LogP contribution in [-0.4, -0.2) is 66.0 Å². The van der Waals surface area contributed by atoms with Gasteiger partial charge in [0.15, 0.2) is 0 Å². The van der Waals surface area contributed by atoms with Crippen LogP contribution in [0.3, 0.4) is 0 Å². The first kappa shape index (κ1) is 17.5. The molecule has 1 N–H and O–H groups in total. The van der Waals surface area contributed by atoms with Crippen LogP contribution in [0, 0.1) is 0 Å². The van der Waals surface area contributed by atoms with Crippen LogP contribution in [-0.2, 0) is 4.74 Å². The lowest BCUT2D eigenvalue weighted by molar-refractivity contribution is -0.0563. The third-order valence-corrected chi connectivity index (χ3v) is 3.81. The molecule has 0 saturated carbocycles. The number of aromatic nitrogens is 1. The Hall–Kier alpha value is -0.880. The zero-order valence-electron chi connectivity index (χ0n) is 13.6. The highest BCUT2D eigenvalue weighted by molar-refractivity contribution is 6.30. The number of piperazine rings is 1. The van der Waals surface area contributed by atoms with Gasteiger partial charge in [0.25, 0.3) is 0 Å². The fraction of sp³-hybridized carbons (Fsp3) is 0.688. The molecule has 6 heteroatoms. The molecule has 124 valence electrons. The van der Waals surface area contributed by atoms with Crippen molar-refractivity contribution in [1.29, 1.82) is 0 Å². The van der Waals surface area contributed by atoms with Gasteiger partial charge in [0.05, 0.1) is 23.3 Å². The molecule has 1 aliphatic heterocycles. The summed E-state index contributed by atoms with van der Waals surface area (Å²) >= 11 is 5.86. The number of hydrogen-bond donors (Lipinski definition) is 1. The first-order valence-electron chi connectivity index (χ1n) is 7.74. The summed E-state index contributed by atoms with van der Waals surface area (Å²) in [5.74, 6) is 0.959. The Morgan fingerprint density at radius 2 is 1.95 bits per heavy atom. The number of anilines is 1. The number of nitrogens with zero attached hydrogens (tertiary/aromatic N) is 3. The minimum absolute atomic E-state index is 0.208. The molecular weight excluding hydrogens is 302 g/mol. The van der Waals surface area contributed by atoms with E-state index < -0.39 is 6.10 Å². The highest BCUT2D eigenvalue weighted by Crippen LogP contribution is 2.16. The van der Waals surface area contributed by atoms with E-state index in [1.807, 2.05) is 32.9 Å². The van der Waals surface area contributed by atoms with Crippen molar-refractivity contribution < 1.29 is 9.84 Å². The second kappa shape index (κ2) is 7.59. The summed E-state index contributed by atoms with van der Waals surface area (Å²) in [6.07, 6.45) is 1.23. The van der Waals surface area contributed by atoms with Gasteiger partial charge in [-0.3, -0.25) is 4.90 Å². The minimum Gasteiger partial charge on any atom is -0.389 e. The maximum Gasteiger partial charge on any atom is 0.128 e. The van der Waals surface area contributed by atoms with Crippen molar-refractivity contribution in [1.82, 2.24) is 9.88 Å². The van der Waals surface area contributed by atoms with Crippen LogP contribution in [0.5, 0.6) is 0 Å². The maximum absolute atomic E-state index is 10.1. The van der Waals surface area contributed by atoms with Gasteiger partial charge in [0.1, 0.15) is 5.82 Å². The number of aliphatic hydroxyl groups excluding tert-OH is 1. The Morgan fingerprint density at radius 3 is 2.50 bits per heavy atom. The fourth-order valence-electron chi connectivity index (χ4n) is 2.41. The van der Waals surface area contributed by atoms with Crippen molar-refractivity contribution in [3.63, 3.8) is 0 Å². The fourth-order valence-corrected chi connectivity index (χ4v) is 2.52. The van der Waals surface area contributed by atoms with Crippen LogP contribution >= 0.6 is 11.6 Å². The van der Waals surface area contributed by atoms with E-state index in [1.165, 1.54) is 0 Å². The van der Waals surface area contributed by atoms with Crippen LogP contribution < -0.4 is 4.90 Å². The maximum atomic E-state index is 10.1. The number of ether oxygens (including phenoxy) is 1. The van der Waals surface area contributed by atoms with Gasteiger partial charge in [-0.15, -0.1) is 0 Å². The summed E-state index contributed by atoms with van der Waals surface area (Å²) < 4.78 is 5.62. The van der Waals surface area contributed by atoms with Gasteiger partial charge in [-0.25, -0.2) is 4.98 Å². The van der Waals surface area contributed by atoms with Crippen LogP contribution in [0.15, 0.2) is 18.3 Å². The molecule has 0 radical (unpaired) electrons. The monoisotopic (exact) mass is 327 g/mol. The summed E-state index contributed by atoms with van der Waals surface area (Å²) in [6.45, 7) is 10.7. The topological polar surface area (TPSA) is 48.8 Å². The first-order valence-corrected chi connectivity index (χ1v) is 8.12. The number of aliphatic hydroxyl groups is 1. The van der Waals surface area contributed by atoms with Gasteiger partial charge in [-0.2, -0.15) is 0 Å². The second-order valence-electron chi connectivity index (χ2n) is 6.70. The van der Waals surface area contributed by atoms with Crippen LogP contribution in [0.1, 0.15) is 20.8 Å². The Labute approximate surface area is 137 Å². The number of rotatable bonds is 5. The molecule has 0 aromatic carbocycles. The Balaban J connectivity index is 1.74. The quantitative estimate of drug-likeness (QED) is 0.896. The van der Waals surface area contributed by atoms with Crippen LogP contribution in [0.2, 0.25) is 5.02 Å². The van der Waals surface area contributed by atoms with Crippen molar-refractivity contribution >= 4 is 17.4 Å². The number of halogens is 1. The zero-order chi connectivity index (χ0) is 16.2. The standard InChI is InChI=1S/C16H26ClN3O2/c1-16(2,3)22-12-14(21)11-19-6-8-20(9-7-19)15-5-4-13(17)10-18-15/h4-5,10,14,21H,6-9,11-12H2,1-3H3. The average molecular weight is 328 g/mol. The van der Waals surface area contributed by atoms with E-state index in [2.05, 4.69) is 14.8 Å². The van der Waals surface area contributed by atoms with E-state index in [4.69, 9.17) is 16.3 Å². The van der Waals surface area contributed by atoms with E-state index in [-0.39, 0.29) is 5.60 Å². The molecule has 1 aromatic heterocycles. The Morgan fingerprint density at radius 1 is 1.27 bits per heavy atom. The Kier molecular flexibility index (Phi) is 6.03. The molecule has 1 saturated heterocycles. The normalized spacial score (nSPS) is 18.5. The van der Waals surface area contributed by atoms with Crippen molar-refractivity contribution in [2.24, 2.45) is 0 Å². The minimum atomic E-state index is -0.445. The van der Waals surface area contributed by atoms with Gasteiger partial charge in [0.2, 0.25) is 0 Å². The molecule has 0 aliphatic carbocycles. The molecule has 2 rings (SSSR count). The van der Waals surface area contributed by atoms with Crippen molar-refractivity contribution in [2.75, 3.05) is 44.2 Å². The van der Waals surface area contributed by atoms with E-state index in [1.54, 1.807) is 6.20 Å². The van der Waals surface area contributed by atoms with Gasteiger partial charge in [-0.1, -0.05) is 11.6 Å². The predicted octanol–water partition coefficient (Wildman–Crippen LogP) is 2.03. The van der Waals surface area contributed by atoms with Crippen LogP contribution in [0.25, 0.3) is 0 Å². The van der Waals surface area contributed by atoms with Gasteiger partial charge >= 0.3 is 0 Å². The lowest BCUT2D eigenvalue weighted by atomic mass is 10.2. The zero-order valence-corrected chi connectivity index (χ0v) is 14.4. The molecule has 1 unspecified atom stereocenters. The van der Waals surface area contributed by atoms with E-state index >= 15 is 0 Å². The summed E-state index contributed by atoms with van der Waals surface area (Å²) in [6, 6.07) is 3.81. The van der Waals surface area contributed by atoms with E-state index in [9.17, 15) is 5.11 Å². The third-order valence-electron chi connectivity index (χ3n) is 3.59. The lowest BCUT2D eigenvalue weighted by Gasteiger charge is -2.36. The molecule has 1 atom stereocenters. The number of β-amino-alcohol motifs (C(OH)–C–C–N with tert-alkyl or cyclic N) is 1. The average Bonchev–Trinajstić information content (AvgIpc) is 2.46. The lowest BCUT2D eigenvalue weighted by Crippen LogP contribution is -2.49. The summed E-state index contributed by atoms with van der Waals surface area (Å²) in [7, 11) is 0. The number of hydrogen-bond acceptors (Lipinski definition) is 5. The molecule has 22 heavy (non-hydrogen) atoms. The molecule has 1 aliphatic rings. The molecule has 5 nitrogen and oxygen atoms in total. The largest absolute Gasteiger partial charge is 0.389 e. The van der Waals surface area contributed by atoms with Crippen molar-refractivity contribution in [3.05, 3.63) is 23.4 Å². The molecule has 1 aromatic rings.